The van der Waals surface area contributed by atoms with Gasteiger partial charge in [0.05, 0.1) is 22.3 Å². The molecule has 0 bridgehead atoms. The lowest BCUT2D eigenvalue weighted by atomic mass is 10.1. The first-order valence-electron chi connectivity index (χ1n) is 11.0. The number of para-hydroxylation sites is 1. The Morgan fingerprint density at radius 2 is 1.58 bits per heavy atom. The fourth-order valence-corrected chi connectivity index (χ4v) is 4.28. The van der Waals surface area contributed by atoms with Crippen LogP contribution in [0.25, 0.3) is 39.6 Å². The van der Waals surface area contributed by atoms with E-state index >= 15 is 0 Å². The molecule has 0 radical (unpaired) electrons. The number of aromatic nitrogens is 3. The number of nitrogens with one attached hydrogen (secondary N) is 1. The van der Waals surface area contributed by atoms with Crippen LogP contribution < -0.4 is 0 Å². The molecule has 0 spiro atoms. The third-order valence-corrected chi connectivity index (χ3v) is 6.05. The number of benzene rings is 3. The van der Waals surface area contributed by atoms with Gasteiger partial charge in [-0.05, 0) is 73.9 Å². The summed E-state index contributed by atoms with van der Waals surface area (Å²) in [5.74, 6) is 0.585. The first-order chi connectivity index (χ1) is 16.0. The van der Waals surface area contributed by atoms with Crippen LogP contribution in [-0.4, -0.2) is 14.5 Å². The highest BCUT2D eigenvalue weighted by Crippen LogP contribution is 2.33. The van der Waals surface area contributed by atoms with E-state index in [1.54, 1.807) is 0 Å². The topological polar surface area (TPSA) is 57.4 Å². The lowest BCUT2D eigenvalue weighted by Crippen LogP contribution is -1.99. The van der Waals surface area contributed by atoms with Gasteiger partial charge in [0.2, 0.25) is 0 Å². The van der Waals surface area contributed by atoms with Crippen molar-refractivity contribution >= 4 is 22.7 Å². The molecule has 4 heteroatoms. The molecule has 4 nitrogen and oxygen atoms in total. The highest BCUT2D eigenvalue weighted by Gasteiger charge is 2.17. The molecule has 0 fully saturated rings. The Morgan fingerprint density at radius 3 is 2.27 bits per heavy atom. The van der Waals surface area contributed by atoms with E-state index in [2.05, 4.69) is 78.9 Å². The summed E-state index contributed by atoms with van der Waals surface area (Å²) in [6, 6.07) is 29.2. The maximum atomic E-state index is 10.0. The molecule has 0 amide bonds. The number of aromatic amines is 1. The van der Waals surface area contributed by atoms with Gasteiger partial charge in [-0.3, -0.25) is 0 Å². The van der Waals surface area contributed by atoms with Gasteiger partial charge in [0, 0.05) is 16.9 Å². The predicted molar refractivity (Wildman–Crippen MR) is 135 cm³/mol. The van der Waals surface area contributed by atoms with Crippen LogP contribution in [0.1, 0.15) is 28.2 Å². The Hall–Kier alpha value is -4.36. The molecule has 0 saturated carbocycles. The van der Waals surface area contributed by atoms with Gasteiger partial charge in [0.15, 0.2) is 0 Å². The first kappa shape index (κ1) is 20.5. The monoisotopic (exact) mass is 428 g/mol. The van der Waals surface area contributed by atoms with Crippen molar-refractivity contribution < 1.29 is 0 Å². The van der Waals surface area contributed by atoms with Crippen molar-refractivity contribution in [2.24, 2.45) is 0 Å². The summed E-state index contributed by atoms with van der Waals surface area (Å²) in [5, 5.41) is 10.0. The van der Waals surface area contributed by atoms with Gasteiger partial charge in [0.25, 0.3) is 0 Å². The summed E-state index contributed by atoms with van der Waals surface area (Å²) in [6.07, 6.45) is 1.94. The minimum Gasteiger partial charge on any atom is -0.337 e. The molecule has 3 aromatic carbocycles. The van der Waals surface area contributed by atoms with Crippen LogP contribution in [0.15, 0.2) is 78.9 Å². The minimum absolute atomic E-state index is 0.504. The van der Waals surface area contributed by atoms with Gasteiger partial charge < -0.3 is 9.55 Å². The lowest BCUT2D eigenvalue weighted by Gasteiger charge is -2.13. The molecule has 0 saturated heterocycles. The number of fused-ring (bicyclic) bond motifs is 1. The second kappa shape index (κ2) is 8.29. The molecule has 0 unspecified atom stereocenters. The number of H-pyrrole nitrogens is 1. The van der Waals surface area contributed by atoms with Crippen molar-refractivity contribution in [1.82, 2.24) is 14.5 Å². The summed E-state index contributed by atoms with van der Waals surface area (Å²) >= 11 is 0. The summed E-state index contributed by atoms with van der Waals surface area (Å²) in [5.41, 5.74) is 10.00. The number of rotatable bonds is 4. The van der Waals surface area contributed by atoms with Crippen LogP contribution in [0.4, 0.5) is 0 Å². The number of hydrogen-bond acceptors (Lipinski definition) is 2. The van der Waals surface area contributed by atoms with Gasteiger partial charge in [-0.1, -0.05) is 48.5 Å². The van der Waals surface area contributed by atoms with Crippen molar-refractivity contribution in [2.45, 2.75) is 20.8 Å². The van der Waals surface area contributed by atoms with E-state index in [4.69, 9.17) is 4.98 Å². The van der Waals surface area contributed by atoms with Crippen molar-refractivity contribution in [2.75, 3.05) is 0 Å². The van der Waals surface area contributed by atoms with Crippen LogP contribution in [0.2, 0.25) is 0 Å². The van der Waals surface area contributed by atoms with E-state index in [1.807, 2.05) is 42.5 Å². The third kappa shape index (κ3) is 3.75. The molecule has 0 atom stereocenters. The van der Waals surface area contributed by atoms with Crippen LogP contribution >= 0.6 is 0 Å². The highest BCUT2D eigenvalue weighted by atomic mass is 15.0. The zero-order valence-corrected chi connectivity index (χ0v) is 18.9. The largest absolute Gasteiger partial charge is 0.337 e. The van der Waals surface area contributed by atoms with E-state index in [9.17, 15) is 5.26 Å². The molecule has 0 aliphatic carbocycles. The summed E-state index contributed by atoms with van der Waals surface area (Å²) in [6.45, 7) is 6.25. The van der Waals surface area contributed by atoms with E-state index in [1.165, 1.54) is 11.1 Å². The van der Waals surface area contributed by atoms with Crippen molar-refractivity contribution in [1.29, 1.82) is 5.26 Å². The van der Waals surface area contributed by atoms with Gasteiger partial charge in [-0.2, -0.15) is 5.26 Å². The second-order valence-electron chi connectivity index (χ2n) is 8.34. The smallest absolute Gasteiger partial charge is 0.149 e. The normalized spacial score (nSPS) is 11.6. The molecular weight excluding hydrogens is 404 g/mol. The SMILES string of the molecule is Cc1cc2nc(/C(C#N)=C\c3cc(C)n(-c4ccccc4)c3-c3ccccc3)[nH]c2cc1C. The van der Waals surface area contributed by atoms with Gasteiger partial charge >= 0.3 is 0 Å². The molecule has 5 rings (SSSR count). The zero-order chi connectivity index (χ0) is 22.9. The second-order valence-corrected chi connectivity index (χ2v) is 8.34. The minimum atomic E-state index is 0.504. The summed E-state index contributed by atoms with van der Waals surface area (Å²) in [7, 11) is 0. The van der Waals surface area contributed by atoms with Crippen LogP contribution in [0.5, 0.6) is 0 Å². The summed E-state index contributed by atoms with van der Waals surface area (Å²) < 4.78 is 2.24. The quantitative estimate of drug-likeness (QED) is 0.313. The van der Waals surface area contributed by atoms with Crippen LogP contribution in [0, 0.1) is 32.1 Å². The number of nitrogens with zero attached hydrogens (tertiary/aromatic N) is 3. The Bertz CT molecular complexity index is 1490. The van der Waals surface area contributed by atoms with E-state index in [0.717, 1.165) is 39.2 Å². The molecule has 0 aliphatic heterocycles. The molecular formula is C29H24N4. The first-order valence-corrected chi connectivity index (χ1v) is 11.0. The average molecular weight is 429 g/mol. The Labute approximate surface area is 193 Å². The summed E-state index contributed by atoms with van der Waals surface area (Å²) in [4.78, 5) is 8.06. The number of allylic oxidation sites excluding steroid dienone is 1. The Morgan fingerprint density at radius 1 is 0.909 bits per heavy atom. The van der Waals surface area contributed by atoms with Crippen molar-refractivity contribution in [3.05, 3.63) is 107 Å². The van der Waals surface area contributed by atoms with E-state index in [-0.39, 0.29) is 0 Å². The third-order valence-electron chi connectivity index (χ3n) is 6.05. The molecule has 5 aromatic rings. The maximum Gasteiger partial charge on any atom is 0.149 e. The fraction of sp³-hybridized carbons (Fsp3) is 0.103. The highest BCUT2D eigenvalue weighted by molar-refractivity contribution is 5.93. The van der Waals surface area contributed by atoms with Crippen LogP contribution in [-0.2, 0) is 0 Å². The predicted octanol–water partition coefficient (Wildman–Crippen LogP) is 7.01. The molecule has 33 heavy (non-hydrogen) atoms. The Kier molecular flexibility index (Phi) is 5.16. The van der Waals surface area contributed by atoms with Crippen LogP contribution in [0.3, 0.4) is 0 Å². The standard InChI is InChI=1S/C29H24N4/c1-19-14-26-27(15-20(19)2)32-29(31-26)24(18-30)17-23-16-21(3)33(25-12-8-5-9-13-25)28(23)22-10-6-4-7-11-22/h4-17H,1-3H3,(H,31,32)/b24-17-. The van der Waals surface area contributed by atoms with Gasteiger partial charge in [-0.15, -0.1) is 0 Å². The van der Waals surface area contributed by atoms with E-state index in [0.29, 0.717) is 11.4 Å². The van der Waals surface area contributed by atoms with Gasteiger partial charge in [-0.25, -0.2) is 4.98 Å². The molecule has 160 valence electrons. The Balaban J connectivity index is 1.71. The maximum absolute atomic E-state index is 10.0. The fourth-order valence-electron chi connectivity index (χ4n) is 4.28. The number of nitriles is 1. The number of imidazole rings is 1. The molecule has 2 aromatic heterocycles. The molecule has 0 aliphatic rings. The average Bonchev–Trinajstić information content (AvgIpc) is 3.38. The molecule has 2 heterocycles. The van der Waals surface area contributed by atoms with E-state index < -0.39 is 0 Å². The van der Waals surface area contributed by atoms with Crippen molar-refractivity contribution in [3.63, 3.8) is 0 Å². The zero-order valence-electron chi connectivity index (χ0n) is 18.9. The van der Waals surface area contributed by atoms with Crippen molar-refractivity contribution in [3.8, 4) is 23.0 Å². The lowest BCUT2D eigenvalue weighted by molar-refractivity contribution is 1.02. The molecule has 1 N–H and O–H groups in total. The number of hydrogen-bond donors (Lipinski definition) is 1. The van der Waals surface area contributed by atoms with Gasteiger partial charge in [0.1, 0.15) is 11.9 Å². The number of aryl methyl sites for hydroxylation is 3.